The summed E-state index contributed by atoms with van der Waals surface area (Å²) in [6.45, 7) is 0. The molecule has 0 aromatic carbocycles. The Kier molecular flexibility index (Phi) is 2.70. The third-order valence-electron chi connectivity index (χ3n) is 2.44. The minimum absolute atomic E-state index is 0.307. The lowest BCUT2D eigenvalue weighted by molar-refractivity contribution is 0.108. The Morgan fingerprint density at radius 3 is 2.85 bits per heavy atom. The van der Waals surface area contributed by atoms with E-state index in [9.17, 15) is 4.79 Å². The molecule has 70 valence electrons. The van der Waals surface area contributed by atoms with E-state index in [0.29, 0.717) is 4.88 Å². The molecule has 1 nitrogen and oxygen atoms in total. The minimum Gasteiger partial charge on any atom is -0.275 e. The molecule has 1 aliphatic rings. The highest BCUT2D eigenvalue weighted by Crippen LogP contribution is 2.29. The number of carbonyl (C=O) groups excluding carboxylic acids is 1. The zero-order chi connectivity index (χ0) is 9.26. The third kappa shape index (κ3) is 1.94. The second-order valence-corrected chi connectivity index (χ2v) is 4.87. The number of fused-ring (bicyclic) bond motifs is 1. The summed E-state index contributed by atoms with van der Waals surface area (Å²) >= 11 is 7.01. The standard InChI is InChI=1S/C10H11ClOS/c11-10(12)9-6-7-4-2-1-3-5-8(7)13-9/h6H,1-5H2. The normalized spacial score (nSPS) is 16.4. The Morgan fingerprint density at radius 1 is 1.31 bits per heavy atom. The van der Waals surface area contributed by atoms with E-state index in [1.54, 1.807) is 11.3 Å². The summed E-state index contributed by atoms with van der Waals surface area (Å²) in [5.41, 5.74) is 1.35. The number of thiophene rings is 1. The fourth-order valence-electron chi connectivity index (χ4n) is 1.76. The predicted molar refractivity (Wildman–Crippen MR) is 55.8 cm³/mol. The monoisotopic (exact) mass is 214 g/mol. The van der Waals surface area contributed by atoms with E-state index in [4.69, 9.17) is 11.6 Å². The van der Waals surface area contributed by atoms with E-state index in [2.05, 4.69) is 0 Å². The summed E-state index contributed by atoms with van der Waals surface area (Å²) in [4.78, 5) is 13.0. The van der Waals surface area contributed by atoms with Gasteiger partial charge >= 0.3 is 0 Å². The van der Waals surface area contributed by atoms with Crippen LogP contribution in [-0.4, -0.2) is 5.24 Å². The highest BCUT2D eigenvalue weighted by atomic mass is 35.5. The molecule has 0 saturated carbocycles. The zero-order valence-corrected chi connectivity index (χ0v) is 8.88. The van der Waals surface area contributed by atoms with E-state index < -0.39 is 0 Å². The first-order chi connectivity index (χ1) is 6.27. The second-order valence-electron chi connectivity index (χ2n) is 3.39. The van der Waals surface area contributed by atoms with Crippen molar-refractivity contribution >= 4 is 28.2 Å². The van der Waals surface area contributed by atoms with Crippen LogP contribution in [0.2, 0.25) is 0 Å². The SMILES string of the molecule is O=C(Cl)c1cc2c(s1)CCCCC2. The third-order valence-corrected chi connectivity index (χ3v) is 3.99. The summed E-state index contributed by atoms with van der Waals surface area (Å²) < 4.78 is 0. The molecular formula is C10H11ClOS. The van der Waals surface area contributed by atoms with E-state index in [-0.39, 0.29) is 5.24 Å². The van der Waals surface area contributed by atoms with Gasteiger partial charge in [0.05, 0.1) is 4.88 Å². The van der Waals surface area contributed by atoms with Gasteiger partial charge in [-0.1, -0.05) is 6.42 Å². The van der Waals surface area contributed by atoms with Gasteiger partial charge in [-0.3, -0.25) is 4.79 Å². The first-order valence-corrected chi connectivity index (χ1v) is 5.78. The zero-order valence-electron chi connectivity index (χ0n) is 7.31. The van der Waals surface area contributed by atoms with Crippen LogP contribution in [-0.2, 0) is 12.8 Å². The van der Waals surface area contributed by atoms with Gasteiger partial charge in [0.25, 0.3) is 5.24 Å². The van der Waals surface area contributed by atoms with Crippen molar-refractivity contribution in [3.63, 3.8) is 0 Å². The summed E-state index contributed by atoms with van der Waals surface area (Å²) in [6.07, 6.45) is 6.06. The van der Waals surface area contributed by atoms with Crippen molar-refractivity contribution in [1.29, 1.82) is 0 Å². The van der Waals surface area contributed by atoms with Crippen molar-refractivity contribution in [2.45, 2.75) is 32.1 Å². The fourth-order valence-corrected chi connectivity index (χ4v) is 3.02. The predicted octanol–water partition coefficient (Wildman–Crippen LogP) is 3.40. The lowest BCUT2D eigenvalue weighted by Gasteiger charge is -1.92. The molecule has 2 rings (SSSR count). The molecule has 0 saturated heterocycles. The molecule has 13 heavy (non-hydrogen) atoms. The van der Waals surface area contributed by atoms with Crippen LogP contribution in [0.5, 0.6) is 0 Å². The maximum absolute atomic E-state index is 10.9. The molecule has 0 atom stereocenters. The lowest BCUT2D eigenvalue weighted by Crippen LogP contribution is -1.82. The van der Waals surface area contributed by atoms with Crippen LogP contribution >= 0.6 is 22.9 Å². The highest BCUT2D eigenvalue weighted by molar-refractivity contribution is 7.15. The summed E-state index contributed by atoms with van der Waals surface area (Å²) in [5.74, 6) is 0. The van der Waals surface area contributed by atoms with Gasteiger partial charge in [0.1, 0.15) is 0 Å². The average Bonchev–Trinajstić information content (AvgIpc) is 2.38. The number of carbonyl (C=O) groups is 1. The molecule has 0 amide bonds. The summed E-state index contributed by atoms with van der Waals surface area (Å²) in [5, 5.41) is -0.307. The number of rotatable bonds is 1. The van der Waals surface area contributed by atoms with Gasteiger partial charge in [0.2, 0.25) is 0 Å². The Morgan fingerprint density at radius 2 is 2.08 bits per heavy atom. The van der Waals surface area contributed by atoms with Gasteiger partial charge in [-0.25, -0.2) is 0 Å². The minimum atomic E-state index is -0.307. The van der Waals surface area contributed by atoms with Gasteiger partial charge in [-0.15, -0.1) is 11.3 Å². The van der Waals surface area contributed by atoms with Gasteiger partial charge in [0, 0.05) is 4.88 Å². The molecule has 0 fully saturated rings. The molecule has 0 bridgehead atoms. The fraction of sp³-hybridized carbons (Fsp3) is 0.500. The maximum atomic E-state index is 10.9. The second kappa shape index (κ2) is 3.81. The number of hydrogen-bond acceptors (Lipinski definition) is 2. The van der Waals surface area contributed by atoms with Crippen LogP contribution in [0.15, 0.2) is 6.07 Å². The van der Waals surface area contributed by atoms with Crippen molar-refractivity contribution in [3.8, 4) is 0 Å². The average molecular weight is 215 g/mol. The van der Waals surface area contributed by atoms with Gasteiger partial charge in [0.15, 0.2) is 0 Å². The summed E-state index contributed by atoms with van der Waals surface area (Å²) in [6, 6.07) is 1.97. The highest BCUT2D eigenvalue weighted by Gasteiger charge is 2.14. The maximum Gasteiger partial charge on any atom is 0.262 e. The van der Waals surface area contributed by atoms with Crippen LogP contribution in [0.25, 0.3) is 0 Å². The van der Waals surface area contributed by atoms with Gasteiger partial charge < -0.3 is 0 Å². The Hall–Kier alpha value is -0.340. The lowest BCUT2D eigenvalue weighted by atomic mass is 10.1. The van der Waals surface area contributed by atoms with Crippen molar-refractivity contribution in [2.24, 2.45) is 0 Å². The van der Waals surface area contributed by atoms with Gasteiger partial charge in [-0.2, -0.15) is 0 Å². The van der Waals surface area contributed by atoms with Crippen LogP contribution in [0.3, 0.4) is 0 Å². The molecule has 0 spiro atoms. The van der Waals surface area contributed by atoms with E-state index >= 15 is 0 Å². The van der Waals surface area contributed by atoms with Crippen LogP contribution in [0.1, 0.15) is 39.4 Å². The van der Waals surface area contributed by atoms with Crippen molar-refractivity contribution < 1.29 is 4.79 Å². The van der Waals surface area contributed by atoms with Crippen molar-refractivity contribution in [1.82, 2.24) is 0 Å². The van der Waals surface area contributed by atoms with E-state index in [1.165, 1.54) is 29.7 Å². The molecule has 1 aromatic heterocycles. The molecule has 1 aromatic rings. The topological polar surface area (TPSA) is 17.1 Å². The molecule has 1 heterocycles. The number of aryl methyl sites for hydroxylation is 2. The van der Waals surface area contributed by atoms with Gasteiger partial charge in [-0.05, 0) is 48.9 Å². The molecule has 1 aliphatic carbocycles. The van der Waals surface area contributed by atoms with Crippen molar-refractivity contribution in [3.05, 3.63) is 21.4 Å². The van der Waals surface area contributed by atoms with Crippen molar-refractivity contribution in [2.75, 3.05) is 0 Å². The molecule has 0 N–H and O–H groups in total. The molecule has 0 aliphatic heterocycles. The quantitative estimate of drug-likeness (QED) is 0.517. The van der Waals surface area contributed by atoms with E-state index in [1.807, 2.05) is 6.07 Å². The van der Waals surface area contributed by atoms with Crippen LogP contribution in [0, 0.1) is 0 Å². The van der Waals surface area contributed by atoms with E-state index in [0.717, 1.165) is 12.8 Å². The largest absolute Gasteiger partial charge is 0.275 e. The first-order valence-electron chi connectivity index (χ1n) is 4.59. The number of hydrogen-bond donors (Lipinski definition) is 0. The molecule has 0 unspecified atom stereocenters. The Labute approximate surface area is 86.7 Å². The molecule has 3 heteroatoms. The number of halogens is 1. The summed E-state index contributed by atoms with van der Waals surface area (Å²) in [7, 11) is 0. The first kappa shape index (κ1) is 9.22. The van der Waals surface area contributed by atoms with Crippen LogP contribution in [0.4, 0.5) is 0 Å². The molecule has 0 radical (unpaired) electrons. The Balaban J connectivity index is 2.32. The molecular weight excluding hydrogens is 204 g/mol. The van der Waals surface area contributed by atoms with Crippen LogP contribution < -0.4 is 0 Å². The smallest absolute Gasteiger partial charge is 0.262 e. The Bertz CT molecular complexity index is 306.